The highest BCUT2D eigenvalue weighted by atomic mass is 16.4. The number of hydrogen-bond acceptors (Lipinski definition) is 2. The molecule has 0 aromatic heterocycles. The number of carboxylic acid groups (broad SMARTS) is 1. The van der Waals surface area contributed by atoms with Gasteiger partial charge in [-0.15, -0.1) is 0 Å². The fraction of sp³-hybridized carbons (Fsp3) is 0.812. The maximum absolute atomic E-state index is 11.1. The van der Waals surface area contributed by atoms with Gasteiger partial charge >= 0.3 is 6.09 Å². The van der Waals surface area contributed by atoms with Crippen molar-refractivity contribution in [2.45, 2.75) is 65.3 Å². The van der Waals surface area contributed by atoms with Crippen LogP contribution in [0.15, 0.2) is 11.6 Å². The van der Waals surface area contributed by atoms with E-state index in [4.69, 9.17) is 10.2 Å². The minimum absolute atomic E-state index is 0.0762. The molecular weight excluding hydrogens is 254 g/mol. The van der Waals surface area contributed by atoms with Crippen molar-refractivity contribution in [3.8, 4) is 0 Å². The molecule has 0 atom stereocenters. The van der Waals surface area contributed by atoms with Gasteiger partial charge in [-0.2, -0.15) is 0 Å². The van der Waals surface area contributed by atoms with Crippen molar-refractivity contribution in [1.29, 1.82) is 0 Å². The molecule has 0 radical (unpaired) electrons. The van der Waals surface area contributed by atoms with Crippen LogP contribution in [0, 0.1) is 11.3 Å². The maximum Gasteiger partial charge on any atom is 0.405 e. The Kier molecular flexibility index (Phi) is 5.63. The lowest BCUT2D eigenvalue weighted by atomic mass is 9.63. The Hall–Kier alpha value is -1.03. The normalized spacial score (nSPS) is 28.2. The van der Waals surface area contributed by atoms with E-state index < -0.39 is 6.09 Å². The van der Waals surface area contributed by atoms with Gasteiger partial charge in [-0.25, -0.2) is 4.79 Å². The molecule has 4 heteroatoms. The first kappa shape index (κ1) is 17.0. The molecule has 1 aliphatic rings. The predicted octanol–water partition coefficient (Wildman–Crippen LogP) is 3.56. The van der Waals surface area contributed by atoms with Gasteiger partial charge < -0.3 is 15.5 Å². The molecule has 1 saturated carbocycles. The number of nitrogens with one attached hydrogen (secondary N) is 1. The fourth-order valence-corrected chi connectivity index (χ4v) is 3.11. The summed E-state index contributed by atoms with van der Waals surface area (Å²) in [7, 11) is 0. The first-order valence-electron chi connectivity index (χ1n) is 7.48. The average molecular weight is 283 g/mol. The van der Waals surface area contributed by atoms with Crippen LogP contribution in [0.5, 0.6) is 0 Å². The molecule has 3 N–H and O–H groups in total. The SMILES string of the molecule is CC(=CCC1CCC(NC(=O)O)(C(C)(C)C)CC1)CO. The second-order valence-corrected chi connectivity index (χ2v) is 7.15. The van der Waals surface area contributed by atoms with Crippen LogP contribution in [-0.4, -0.2) is 28.5 Å². The van der Waals surface area contributed by atoms with E-state index in [1.807, 2.05) is 6.92 Å². The molecule has 0 aliphatic heterocycles. The van der Waals surface area contributed by atoms with Crippen molar-refractivity contribution in [3.05, 3.63) is 11.6 Å². The minimum atomic E-state index is -0.922. The number of rotatable bonds is 4. The van der Waals surface area contributed by atoms with E-state index in [0.717, 1.165) is 37.7 Å². The Morgan fingerprint density at radius 3 is 2.30 bits per heavy atom. The Balaban J connectivity index is 2.67. The molecule has 0 aromatic rings. The van der Waals surface area contributed by atoms with Crippen molar-refractivity contribution in [2.24, 2.45) is 11.3 Å². The number of carbonyl (C=O) groups is 1. The molecule has 0 bridgehead atoms. The van der Waals surface area contributed by atoms with Crippen LogP contribution in [0.25, 0.3) is 0 Å². The molecular formula is C16H29NO3. The summed E-state index contributed by atoms with van der Waals surface area (Å²) in [5.74, 6) is 0.600. The predicted molar refractivity (Wildman–Crippen MR) is 80.8 cm³/mol. The third kappa shape index (κ3) is 4.23. The van der Waals surface area contributed by atoms with Gasteiger partial charge in [-0.3, -0.25) is 0 Å². The summed E-state index contributed by atoms with van der Waals surface area (Å²) in [6, 6.07) is 0. The molecule has 1 amide bonds. The lowest BCUT2D eigenvalue weighted by Crippen LogP contribution is -2.58. The summed E-state index contributed by atoms with van der Waals surface area (Å²) in [5, 5.41) is 20.9. The number of amides is 1. The van der Waals surface area contributed by atoms with Crippen LogP contribution in [0.1, 0.15) is 59.8 Å². The highest BCUT2D eigenvalue weighted by Gasteiger charge is 2.45. The summed E-state index contributed by atoms with van der Waals surface area (Å²) in [6.07, 6.45) is 6.02. The van der Waals surface area contributed by atoms with Gasteiger partial charge in [0.1, 0.15) is 0 Å². The van der Waals surface area contributed by atoms with Gasteiger partial charge in [0.2, 0.25) is 0 Å². The zero-order valence-electron chi connectivity index (χ0n) is 13.2. The second kappa shape index (κ2) is 6.61. The number of aliphatic hydroxyl groups excluding tert-OH is 1. The molecule has 1 rings (SSSR count). The van der Waals surface area contributed by atoms with Crippen molar-refractivity contribution in [1.82, 2.24) is 5.32 Å². The van der Waals surface area contributed by atoms with Crippen LogP contribution in [0.3, 0.4) is 0 Å². The molecule has 0 heterocycles. The molecule has 1 aliphatic carbocycles. The van der Waals surface area contributed by atoms with Gasteiger partial charge in [0.15, 0.2) is 0 Å². The topological polar surface area (TPSA) is 69.6 Å². The van der Waals surface area contributed by atoms with E-state index in [9.17, 15) is 4.79 Å². The lowest BCUT2D eigenvalue weighted by Gasteiger charge is -2.49. The monoisotopic (exact) mass is 283 g/mol. The Morgan fingerprint density at radius 2 is 1.90 bits per heavy atom. The highest BCUT2D eigenvalue weighted by Crippen LogP contribution is 2.44. The average Bonchev–Trinajstić information content (AvgIpc) is 2.35. The number of allylic oxidation sites excluding steroid dienone is 1. The van der Waals surface area contributed by atoms with Crippen LogP contribution in [0.4, 0.5) is 4.79 Å². The molecule has 4 nitrogen and oxygen atoms in total. The Labute approximate surface area is 122 Å². The van der Waals surface area contributed by atoms with Gasteiger partial charge in [-0.1, -0.05) is 32.4 Å². The van der Waals surface area contributed by atoms with Gasteiger partial charge in [-0.05, 0) is 50.4 Å². The molecule has 0 saturated heterocycles. The van der Waals surface area contributed by atoms with Crippen molar-refractivity contribution in [3.63, 3.8) is 0 Å². The third-order valence-corrected chi connectivity index (χ3v) is 4.79. The van der Waals surface area contributed by atoms with Gasteiger partial charge in [0, 0.05) is 5.54 Å². The first-order valence-corrected chi connectivity index (χ1v) is 7.48. The van der Waals surface area contributed by atoms with Crippen molar-refractivity contribution < 1.29 is 15.0 Å². The summed E-state index contributed by atoms with van der Waals surface area (Å²) < 4.78 is 0. The van der Waals surface area contributed by atoms with Gasteiger partial charge in [0.05, 0.1) is 6.61 Å². The van der Waals surface area contributed by atoms with E-state index in [2.05, 4.69) is 32.2 Å². The summed E-state index contributed by atoms with van der Waals surface area (Å²) in [5.41, 5.74) is 0.625. The van der Waals surface area contributed by atoms with E-state index in [1.54, 1.807) is 0 Å². The third-order valence-electron chi connectivity index (χ3n) is 4.79. The van der Waals surface area contributed by atoms with E-state index >= 15 is 0 Å². The molecule has 0 unspecified atom stereocenters. The Morgan fingerprint density at radius 1 is 1.35 bits per heavy atom. The second-order valence-electron chi connectivity index (χ2n) is 7.15. The summed E-state index contributed by atoms with van der Waals surface area (Å²) in [4.78, 5) is 11.1. The van der Waals surface area contributed by atoms with Crippen molar-refractivity contribution in [2.75, 3.05) is 6.61 Å². The first-order chi connectivity index (χ1) is 9.20. The van der Waals surface area contributed by atoms with E-state index in [-0.39, 0.29) is 17.6 Å². The molecule has 116 valence electrons. The van der Waals surface area contributed by atoms with E-state index in [1.165, 1.54) is 0 Å². The van der Waals surface area contributed by atoms with Crippen LogP contribution in [-0.2, 0) is 0 Å². The smallest absolute Gasteiger partial charge is 0.405 e. The van der Waals surface area contributed by atoms with Crippen LogP contribution in [0.2, 0.25) is 0 Å². The zero-order valence-corrected chi connectivity index (χ0v) is 13.2. The highest BCUT2D eigenvalue weighted by molar-refractivity contribution is 5.65. The molecule has 1 fully saturated rings. The maximum atomic E-state index is 11.1. The number of aliphatic hydroxyl groups is 1. The van der Waals surface area contributed by atoms with Crippen molar-refractivity contribution >= 4 is 6.09 Å². The van der Waals surface area contributed by atoms with Crippen LogP contribution < -0.4 is 5.32 Å². The molecule has 20 heavy (non-hydrogen) atoms. The summed E-state index contributed by atoms with van der Waals surface area (Å²) >= 11 is 0. The molecule has 0 aromatic carbocycles. The van der Waals surface area contributed by atoms with E-state index in [0.29, 0.717) is 5.92 Å². The number of hydrogen-bond donors (Lipinski definition) is 3. The summed E-state index contributed by atoms with van der Waals surface area (Å²) in [6.45, 7) is 8.39. The lowest BCUT2D eigenvalue weighted by molar-refractivity contribution is 0.0679. The van der Waals surface area contributed by atoms with Gasteiger partial charge in [0.25, 0.3) is 0 Å². The van der Waals surface area contributed by atoms with Crippen LogP contribution >= 0.6 is 0 Å². The standard InChI is InChI=1S/C16H29NO3/c1-12(11-18)5-6-13-7-9-16(10-8-13,15(2,3)4)17-14(19)20/h5,13,17-18H,6-11H2,1-4H3,(H,19,20). The zero-order chi connectivity index (χ0) is 15.4. The molecule has 0 spiro atoms. The fourth-order valence-electron chi connectivity index (χ4n) is 3.11. The largest absolute Gasteiger partial charge is 0.465 e. The quantitative estimate of drug-likeness (QED) is 0.691. The Bertz CT molecular complexity index is 360. The minimum Gasteiger partial charge on any atom is -0.465 e.